The molecule has 0 saturated carbocycles. The number of allylic oxidation sites excluding steroid dienone is 6. The van der Waals surface area contributed by atoms with Gasteiger partial charge in [-0.2, -0.15) is 0 Å². The Morgan fingerprint density at radius 1 is 1.27 bits per heavy atom. The van der Waals surface area contributed by atoms with Crippen molar-refractivity contribution < 1.29 is 8.78 Å². The normalized spacial score (nSPS) is 15.6. The summed E-state index contributed by atoms with van der Waals surface area (Å²) < 4.78 is 22.1. The van der Waals surface area contributed by atoms with Crippen LogP contribution in [0.5, 0.6) is 0 Å². The molecular formula is C9H12F2. The van der Waals surface area contributed by atoms with Crippen LogP contribution in [0.4, 0.5) is 8.78 Å². The summed E-state index contributed by atoms with van der Waals surface area (Å²) in [5.41, 5.74) is 0.736. The minimum absolute atomic E-state index is 0.0278. The Labute approximate surface area is 65.9 Å². The minimum atomic E-state index is -0.0278. The molecule has 1 aliphatic carbocycles. The second-order valence-electron chi connectivity index (χ2n) is 2.08. The van der Waals surface area contributed by atoms with Gasteiger partial charge in [-0.3, -0.25) is 4.39 Å². The van der Waals surface area contributed by atoms with Crippen molar-refractivity contribution in [2.45, 2.75) is 13.3 Å². The highest BCUT2D eigenvalue weighted by Crippen LogP contribution is 2.14. The summed E-state index contributed by atoms with van der Waals surface area (Å²) in [7, 11) is 0.500. The highest BCUT2D eigenvalue weighted by molar-refractivity contribution is 5.27. The maximum absolute atomic E-state index is 12.6. The smallest absolute Gasteiger partial charge is 0.107 e. The predicted octanol–water partition coefficient (Wildman–Crippen LogP) is 3.33. The molecule has 0 aliphatic heterocycles. The molecule has 0 N–H and O–H groups in total. The first-order valence-electron chi connectivity index (χ1n) is 3.37. The molecule has 1 aliphatic rings. The van der Waals surface area contributed by atoms with Gasteiger partial charge in [-0.15, -0.1) is 0 Å². The van der Waals surface area contributed by atoms with Crippen molar-refractivity contribution in [1.29, 1.82) is 0 Å². The van der Waals surface area contributed by atoms with Gasteiger partial charge in [-0.25, -0.2) is 4.39 Å². The Hall–Kier alpha value is -0.920. The fourth-order valence-corrected chi connectivity index (χ4v) is 0.701. The highest BCUT2D eigenvalue weighted by atomic mass is 19.1. The molecule has 0 fully saturated rings. The monoisotopic (exact) mass is 158 g/mol. The third-order valence-electron chi connectivity index (χ3n) is 1.32. The molecule has 0 nitrogen and oxygen atoms in total. The lowest BCUT2D eigenvalue weighted by Gasteiger charge is -1.91. The van der Waals surface area contributed by atoms with E-state index in [0.717, 1.165) is 5.57 Å². The van der Waals surface area contributed by atoms with Crippen molar-refractivity contribution in [3.8, 4) is 0 Å². The Morgan fingerprint density at radius 3 is 2.55 bits per heavy atom. The number of rotatable bonds is 0. The highest BCUT2D eigenvalue weighted by Gasteiger charge is 1.96. The Kier molecular flexibility index (Phi) is 5.35. The zero-order valence-electron chi connectivity index (χ0n) is 6.77. The molecule has 0 amide bonds. The second kappa shape index (κ2) is 5.83. The van der Waals surface area contributed by atoms with Crippen LogP contribution in [0.15, 0.2) is 35.7 Å². The molecule has 11 heavy (non-hydrogen) atoms. The predicted molar refractivity (Wildman–Crippen MR) is 43.7 cm³/mol. The largest absolute Gasteiger partial charge is 0.255 e. The van der Waals surface area contributed by atoms with Crippen molar-refractivity contribution in [3.05, 3.63) is 35.7 Å². The van der Waals surface area contributed by atoms with Gasteiger partial charge in [-0.05, 0) is 12.5 Å². The summed E-state index contributed by atoms with van der Waals surface area (Å²) in [4.78, 5) is 0. The quantitative estimate of drug-likeness (QED) is 0.507. The minimum Gasteiger partial charge on any atom is -0.255 e. The van der Waals surface area contributed by atoms with Crippen LogP contribution in [-0.2, 0) is 0 Å². The van der Waals surface area contributed by atoms with E-state index in [0.29, 0.717) is 13.6 Å². The van der Waals surface area contributed by atoms with E-state index in [1.165, 1.54) is 0 Å². The molecule has 0 radical (unpaired) electrons. The van der Waals surface area contributed by atoms with E-state index < -0.39 is 0 Å². The van der Waals surface area contributed by atoms with Crippen molar-refractivity contribution in [2.24, 2.45) is 0 Å². The van der Waals surface area contributed by atoms with E-state index in [4.69, 9.17) is 0 Å². The molecule has 0 aromatic heterocycles. The van der Waals surface area contributed by atoms with Crippen LogP contribution < -0.4 is 0 Å². The summed E-state index contributed by atoms with van der Waals surface area (Å²) >= 11 is 0. The second-order valence-corrected chi connectivity index (χ2v) is 2.08. The lowest BCUT2D eigenvalue weighted by Crippen LogP contribution is -1.73. The Balaban J connectivity index is 0.000000461. The van der Waals surface area contributed by atoms with Crippen LogP contribution in [0.3, 0.4) is 0 Å². The van der Waals surface area contributed by atoms with Crippen molar-refractivity contribution in [1.82, 2.24) is 0 Å². The molecule has 0 atom stereocenters. The fourth-order valence-electron chi connectivity index (χ4n) is 0.701. The van der Waals surface area contributed by atoms with Gasteiger partial charge in [0.1, 0.15) is 5.83 Å². The lowest BCUT2D eigenvalue weighted by atomic mass is 10.2. The first-order chi connectivity index (χ1) is 5.30. The van der Waals surface area contributed by atoms with Crippen LogP contribution in [-0.4, -0.2) is 7.18 Å². The van der Waals surface area contributed by atoms with E-state index in [2.05, 4.69) is 0 Å². The van der Waals surface area contributed by atoms with E-state index in [-0.39, 0.29) is 5.83 Å². The van der Waals surface area contributed by atoms with E-state index in [1.54, 1.807) is 13.0 Å². The summed E-state index contributed by atoms with van der Waals surface area (Å²) in [6.07, 6.45) is 7.73. The summed E-state index contributed by atoms with van der Waals surface area (Å²) in [6.45, 7) is 1.78. The number of alkyl halides is 1. The first-order valence-corrected chi connectivity index (χ1v) is 3.37. The third-order valence-corrected chi connectivity index (χ3v) is 1.32. The van der Waals surface area contributed by atoms with Crippen molar-refractivity contribution in [3.63, 3.8) is 0 Å². The van der Waals surface area contributed by atoms with Crippen molar-refractivity contribution >= 4 is 0 Å². The summed E-state index contributed by atoms with van der Waals surface area (Å²) in [5.74, 6) is -0.0278. The van der Waals surface area contributed by atoms with E-state index >= 15 is 0 Å². The molecule has 0 heterocycles. The number of hydrogen-bond donors (Lipinski definition) is 0. The van der Waals surface area contributed by atoms with Gasteiger partial charge in [0.05, 0.1) is 7.18 Å². The zero-order chi connectivity index (χ0) is 8.69. The fraction of sp³-hybridized carbons (Fsp3) is 0.333. The number of hydrogen-bond acceptors (Lipinski definition) is 0. The lowest BCUT2D eigenvalue weighted by molar-refractivity contribution is 0.609. The van der Waals surface area contributed by atoms with E-state index in [9.17, 15) is 8.78 Å². The number of halogens is 2. The molecule has 0 unspecified atom stereocenters. The van der Waals surface area contributed by atoms with E-state index in [1.807, 2.05) is 18.2 Å². The SMILES string of the molecule is CC1=C(F)CC=CC=C1.CF. The van der Waals surface area contributed by atoms with Crippen LogP contribution in [0.1, 0.15) is 13.3 Å². The molecule has 62 valence electrons. The molecule has 0 spiro atoms. The summed E-state index contributed by atoms with van der Waals surface area (Å²) in [6, 6.07) is 0. The van der Waals surface area contributed by atoms with Crippen LogP contribution in [0, 0.1) is 0 Å². The van der Waals surface area contributed by atoms with Gasteiger partial charge < -0.3 is 0 Å². The topological polar surface area (TPSA) is 0 Å². The first kappa shape index (κ1) is 10.1. The van der Waals surface area contributed by atoms with Gasteiger partial charge in [0.15, 0.2) is 0 Å². The maximum Gasteiger partial charge on any atom is 0.107 e. The standard InChI is InChI=1S/C8H9F.CH3F/c1-7-5-3-2-4-6-8(7)9;1-2/h2-5H,6H2,1H3;1H3. The molecule has 2 heteroatoms. The average molecular weight is 158 g/mol. The van der Waals surface area contributed by atoms with Crippen LogP contribution >= 0.6 is 0 Å². The van der Waals surface area contributed by atoms with Gasteiger partial charge in [0.2, 0.25) is 0 Å². The molecular weight excluding hydrogens is 146 g/mol. The van der Waals surface area contributed by atoms with Crippen LogP contribution in [0.2, 0.25) is 0 Å². The average Bonchev–Trinajstić information content (AvgIpc) is 2.22. The molecule has 0 aromatic carbocycles. The summed E-state index contributed by atoms with van der Waals surface area (Å²) in [5, 5.41) is 0. The van der Waals surface area contributed by atoms with Gasteiger partial charge >= 0.3 is 0 Å². The molecule has 0 aromatic rings. The zero-order valence-corrected chi connectivity index (χ0v) is 6.77. The van der Waals surface area contributed by atoms with Gasteiger partial charge in [-0.1, -0.05) is 24.3 Å². The third kappa shape index (κ3) is 3.71. The van der Waals surface area contributed by atoms with Gasteiger partial charge in [0.25, 0.3) is 0 Å². The maximum atomic E-state index is 12.6. The Bertz CT molecular complexity index is 188. The van der Waals surface area contributed by atoms with Crippen molar-refractivity contribution in [2.75, 3.05) is 7.18 Å². The molecule has 0 saturated heterocycles. The Morgan fingerprint density at radius 2 is 1.91 bits per heavy atom. The van der Waals surface area contributed by atoms with Crippen LogP contribution in [0.25, 0.3) is 0 Å². The van der Waals surface area contributed by atoms with Gasteiger partial charge in [0, 0.05) is 6.42 Å². The molecule has 0 bridgehead atoms. The molecule has 1 rings (SSSR count).